The summed E-state index contributed by atoms with van der Waals surface area (Å²) in [5, 5.41) is 0. The van der Waals surface area contributed by atoms with Gasteiger partial charge >= 0.3 is 0 Å². The van der Waals surface area contributed by atoms with E-state index in [0.717, 1.165) is 11.1 Å². The molecule has 0 aliphatic heterocycles. The van der Waals surface area contributed by atoms with E-state index in [-0.39, 0.29) is 12.0 Å². The molecule has 1 atom stereocenters. The SMILES string of the molecule is Cc1ccc(S(=O)(=O)N[C@H](Cc2ccccc2)C(C)C)cc1. The van der Waals surface area contributed by atoms with Crippen molar-refractivity contribution in [1.82, 2.24) is 4.72 Å². The van der Waals surface area contributed by atoms with Crippen LogP contribution >= 0.6 is 0 Å². The van der Waals surface area contributed by atoms with Crippen molar-refractivity contribution in [2.24, 2.45) is 5.92 Å². The highest BCUT2D eigenvalue weighted by Gasteiger charge is 2.22. The summed E-state index contributed by atoms with van der Waals surface area (Å²) in [6.45, 7) is 6.01. The van der Waals surface area contributed by atoms with Gasteiger partial charge in [0.2, 0.25) is 10.0 Å². The highest BCUT2D eigenvalue weighted by Crippen LogP contribution is 2.15. The number of hydrogen-bond donors (Lipinski definition) is 1. The minimum atomic E-state index is -3.49. The Kier molecular flexibility index (Phi) is 5.37. The van der Waals surface area contributed by atoms with Crippen molar-refractivity contribution in [3.63, 3.8) is 0 Å². The normalized spacial score (nSPS) is 13.3. The maximum atomic E-state index is 12.5. The number of nitrogens with one attached hydrogen (secondary N) is 1. The second kappa shape index (κ2) is 7.07. The first-order chi connectivity index (χ1) is 10.4. The number of hydrogen-bond acceptors (Lipinski definition) is 2. The van der Waals surface area contributed by atoms with Crippen LogP contribution in [-0.2, 0) is 16.4 Å². The first-order valence-corrected chi connectivity index (χ1v) is 9.00. The van der Waals surface area contributed by atoms with Crippen molar-refractivity contribution < 1.29 is 8.42 Å². The Labute approximate surface area is 133 Å². The molecule has 0 spiro atoms. The third kappa shape index (κ3) is 4.42. The predicted molar refractivity (Wildman–Crippen MR) is 90.3 cm³/mol. The molecule has 1 N–H and O–H groups in total. The van der Waals surface area contributed by atoms with Crippen LogP contribution in [0.25, 0.3) is 0 Å². The highest BCUT2D eigenvalue weighted by atomic mass is 32.2. The second-order valence-corrected chi connectivity index (χ2v) is 7.69. The average Bonchev–Trinajstić information content (AvgIpc) is 2.48. The zero-order chi connectivity index (χ0) is 16.2. The molecule has 0 saturated heterocycles. The molecule has 118 valence electrons. The Hall–Kier alpha value is -1.65. The molecule has 0 saturated carbocycles. The molecule has 0 radical (unpaired) electrons. The Morgan fingerprint density at radius 3 is 2.09 bits per heavy atom. The Bertz CT molecular complexity index is 692. The van der Waals surface area contributed by atoms with Gasteiger partial charge in [-0.2, -0.15) is 0 Å². The van der Waals surface area contributed by atoms with Crippen LogP contribution in [0.3, 0.4) is 0 Å². The molecule has 2 rings (SSSR count). The summed E-state index contributed by atoms with van der Waals surface area (Å²) in [5.74, 6) is 0.209. The van der Waals surface area contributed by atoms with Crippen LogP contribution in [0, 0.1) is 12.8 Å². The van der Waals surface area contributed by atoms with Crippen LogP contribution in [0.1, 0.15) is 25.0 Å². The molecule has 2 aromatic carbocycles. The van der Waals surface area contributed by atoms with Gasteiger partial charge in [0.1, 0.15) is 0 Å². The van der Waals surface area contributed by atoms with E-state index in [2.05, 4.69) is 4.72 Å². The lowest BCUT2D eigenvalue weighted by Crippen LogP contribution is -2.40. The molecule has 0 aliphatic rings. The summed E-state index contributed by atoms with van der Waals surface area (Å²) in [4.78, 5) is 0.316. The molecular formula is C18H23NO2S. The molecule has 22 heavy (non-hydrogen) atoms. The van der Waals surface area contributed by atoms with E-state index >= 15 is 0 Å². The number of sulfonamides is 1. The van der Waals surface area contributed by atoms with Gasteiger partial charge in [0.15, 0.2) is 0 Å². The van der Waals surface area contributed by atoms with Crippen molar-refractivity contribution in [3.8, 4) is 0 Å². The van der Waals surface area contributed by atoms with Crippen LogP contribution in [0.5, 0.6) is 0 Å². The van der Waals surface area contributed by atoms with Crippen molar-refractivity contribution >= 4 is 10.0 Å². The Morgan fingerprint density at radius 2 is 1.55 bits per heavy atom. The van der Waals surface area contributed by atoms with Gasteiger partial charge in [-0.3, -0.25) is 0 Å². The van der Waals surface area contributed by atoms with E-state index in [1.54, 1.807) is 12.1 Å². The fourth-order valence-electron chi connectivity index (χ4n) is 2.27. The zero-order valence-electron chi connectivity index (χ0n) is 13.3. The molecule has 0 bridgehead atoms. The summed E-state index contributed by atoms with van der Waals surface area (Å²) < 4.78 is 27.9. The summed E-state index contributed by atoms with van der Waals surface area (Å²) in [7, 11) is -3.49. The summed E-state index contributed by atoms with van der Waals surface area (Å²) in [5.41, 5.74) is 2.18. The first kappa shape index (κ1) is 16.7. The van der Waals surface area contributed by atoms with Gasteiger partial charge in [0.25, 0.3) is 0 Å². The lowest BCUT2D eigenvalue weighted by atomic mass is 9.97. The van der Waals surface area contributed by atoms with Crippen molar-refractivity contribution in [3.05, 3.63) is 65.7 Å². The maximum Gasteiger partial charge on any atom is 0.240 e. The van der Waals surface area contributed by atoms with E-state index in [1.807, 2.05) is 63.2 Å². The van der Waals surface area contributed by atoms with Crippen molar-refractivity contribution in [2.45, 2.75) is 38.1 Å². The number of aryl methyl sites for hydroxylation is 1. The minimum Gasteiger partial charge on any atom is -0.207 e. The largest absolute Gasteiger partial charge is 0.240 e. The van der Waals surface area contributed by atoms with Gasteiger partial charge < -0.3 is 0 Å². The third-order valence-electron chi connectivity index (χ3n) is 3.74. The lowest BCUT2D eigenvalue weighted by molar-refractivity contribution is 0.445. The van der Waals surface area contributed by atoms with Crippen LogP contribution in [0.2, 0.25) is 0 Å². The molecule has 0 fully saturated rings. The maximum absolute atomic E-state index is 12.5. The molecule has 0 amide bonds. The van der Waals surface area contributed by atoms with Gasteiger partial charge in [-0.1, -0.05) is 61.9 Å². The van der Waals surface area contributed by atoms with Gasteiger partial charge in [-0.05, 0) is 37.0 Å². The fraction of sp³-hybridized carbons (Fsp3) is 0.333. The summed E-state index contributed by atoms with van der Waals surface area (Å²) in [6.07, 6.45) is 0.684. The smallest absolute Gasteiger partial charge is 0.207 e. The third-order valence-corrected chi connectivity index (χ3v) is 5.25. The van der Waals surface area contributed by atoms with Gasteiger partial charge in [-0.15, -0.1) is 0 Å². The van der Waals surface area contributed by atoms with E-state index in [0.29, 0.717) is 11.3 Å². The second-order valence-electron chi connectivity index (χ2n) is 5.97. The topological polar surface area (TPSA) is 46.2 Å². The average molecular weight is 317 g/mol. The van der Waals surface area contributed by atoms with Gasteiger partial charge in [0, 0.05) is 6.04 Å². The summed E-state index contributed by atoms with van der Waals surface area (Å²) >= 11 is 0. The molecule has 0 unspecified atom stereocenters. The molecule has 0 heterocycles. The van der Waals surface area contributed by atoms with Gasteiger partial charge in [-0.25, -0.2) is 13.1 Å². The Morgan fingerprint density at radius 1 is 0.955 bits per heavy atom. The van der Waals surface area contributed by atoms with Crippen LogP contribution in [0.4, 0.5) is 0 Å². The molecule has 3 nitrogen and oxygen atoms in total. The van der Waals surface area contributed by atoms with E-state index in [1.165, 1.54) is 0 Å². The number of rotatable bonds is 6. The fourth-order valence-corrected chi connectivity index (χ4v) is 3.65. The van der Waals surface area contributed by atoms with Gasteiger partial charge in [0.05, 0.1) is 4.90 Å². The van der Waals surface area contributed by atoms with E-state index in [9.17, 15) is 8.42 Å². The first-order valence-electron chi connectivity index (χ1n) is 7.51. The van der Waals surface area contributed by atoms with Crippen LogP contribution < -0.4 is 4.72 Å². The van der Waals surface area contributed by atoms with E-state index in [4.69, 9.17) is 0 Å². The lowest BCUT2D eigenvalue weighted by Gasteiger charge is -2.22. The minimum absolute atomic E-state index is 0.131. The molecule has 2 aromatic rings. The number of benzene rings is 2. The highest BCUT2D eigenvalue weighted by molar-refractivity contribution is 7.89. The van der Waals surface area contributed by atoms with Crippen LogP contribution in [-0.4, -0.2) is 14.5 Å². The monoisotopic (exact) mass is 317 g/mol. The molecule has 4 heteroatoms. The molecular weight excluding hydrogens is 294 g/mol. The van der Waals surface area contributed by atoms with E-state index < -0.39 is 10.0 Å². The standard InChI is InChI=1S/C18H23NO2S/c1-14(2)18(13-16-7-5-4-6-8-16)19-22(20,21)17-11-9-15(3)10-12-17/h4-12,14,18-19H,13H2,1-3H3/t18-/m1/s1. The molecule has 0 aliphatic carbocycles. The summed E-state index contributed by atoms with van der Waals surface area (Å²) in [6, 6.07) is 16.8. The predicted octanol–water partition coefficient (Wildman–Crippen LogP) is 3.54. The van der Waals surface area contributed by atoms with Crippen LogP contribution in [0.15, 0.2) is 59.5 Å². The van der Waals surface area contributed by atoms with Crippen molar-refractivity contribution in [2.75, 3.05) is 0 Å². The molecule has 0 aromatic heterocycles. The quantitative estimate of drug-likeness (QED) is 0.886. The Balaban J connectivity index is 2.18. The van der Waals surface area contributed by atoms with Crippen molar-refractivity contribution in [1.29, 1.82) is 0 Å². The zero-order valence-corrected chi connectivity index (χ0v) is 14.1.